The molecule has 29 heavy (non-hydrogen) atoms. The molecule has 3 rings (SSSR count). The van der Waals surface area contributed by atoms with Crippen LogP contribution in [-0.2, 0) is 0 Å². The van der Waals surface area contributed by atoms with E-state index in [2.05, 4.69) is 19.1 Å². The summed E-state index contributed by atoms with van der Waals surface area (Å²) in [7, 11) is 0. The Labute approximate surface area is 174 Å². The molecule has 0 fully saturated rings. The number of hydrogen-bond donors (Lipinski definition) is 1. The Morgan fingerprint density at radius 2 is 1.76 bits per heavy atom. The predicted molar refractivity (Wildman–Crippen MR) is 119 cm³/mol. The number of ether oxygens (including phenoxy) is 1. The fourth-order valence-electron chi connectivity index (χ4n) is 3.73. The Kier molecular flexibility index (Phi) is 7.10. The quantitative estimate of drug-likeness (QED) is 0.697. The van der Waals surface area contributed by atoms with Crippen molar-refractivity contribution < 1.29 is 9.53 Å². The molecule has 1 heterocycles. The molecule has 2 aromatic rings. The van der Waals surface area contributed by atoms with Gasteiger partial charge in [0.2, 0.25) is 0 Å². The molecule has 2 aromatic carbocycles. The fourth-order valence-corrected chi connectivity index (χ4v) is 3.73. The van der Waals surface area contributed by atoms with Gasteiger partial charge in [-0.2, -0.15) is 0 Å². The van der Waals surface area contributed by atoms with E-state index in [9.17, 15) is 4.79 Å². The van der Waals surface area contributed by atoms with Crippen LogP contribution in [0.25, 0.3) is 5.57 Å². The van der Waals surface area contributed by atoms with Crippen molar-refractivity contribution in [3.05, 3.63) is 71.3 Å². The summed E-state index contributed by atoms with van der Waals surface area (Å²) in [4.78, 5) is 14.4. The molecule has 1 aliphatic rings. The van der Waals surface area contributed by atoms with Crippen LogP contribution in [0.3, 0.4) is 0 Å². The van der Waals surface area contributed by atoms with Crippen LogP contribution in [0.15, 0.2) is 54.6 Å². The molecule has 2 N–H and O–H groups in total. The summed E-state index contributed by atoms with van der Waals surface area (Å²) in [5, 5.41) is 0. The Bertz CT molecular complexity index is 853. The Morgan fingerprint density at radius 3 is 2.41 bits per heavy atom. The number of carbonyl (C=O) groups excluding carboxylic acids is 1. The van der Waals surface area contributed by atoms with Crippen LogP contribution in [0.1, 0.15) is 61.5 Å². The van der Waals surface area contributed by atoms with Crippen molar-refractivity contribution in [2.24, 2.45) is 5.73 Å². The summed E-state index contributed by atoms with van der Waals surface area (Å²) in [5.41, 5.74) is 10.2. The highest BCUT2D eigenvalue weighted by Gasteiger charge is 2.22. The third-order valence-electron chi connectivity index (χ3n) is 5.65. The summed E-state index contributed by atoms with van der Waals surface area (Å²) < 4.78 is 6.21. The molecule has 1 amide bonds. The third-order valence-corrected chi connectivity index (χ3v) is 5.65. The van der Waals surface area contributed by atoms with Gasteiger partial charge in [0.05, 0.1) is 0 Å². The van der Waals surface area contributed by atoms with Crippen LogP contribution in [-0.4, -0.2) is 36.0 Å². The van der Waals surface area contributed by atoms with Gasteiger partial charge < -0.3 is 15.4 Å². The van der Waals surface area contributed by atoms with E-state index in [1.54, 1.807) is 0 Å². The second-order valence-corrected chi connectivity index (χ2v) is 7.53. The maximum atomic E-state index is 12.6. The van der Waals surface area contributed by atoms with E-state index in [1.807, 2.05) is 61.2 Å². The third kappa shape index (κ3) is 4.88. The molecular formula is C25H32N2O2. The average molecular weight is 393 g/mol. The number of carbonyl (C=O) groups is 1. The Hall–Kier alpha value is -2.59. The number of amides is 1. The molecule has 2 atom stereocenters. The van der Waals surface area contributed by atoms with Gasteiger partial charge in [-0.3, -0.25) is 4.79 Å². The van der Waals surface area contributed by atoms with Crippen molar-refractivity contribution in [1.82, 2.24) is 4.90 Å². The van der Waals surface area contributed by atoms with E-state index >= 15 is 0 Å². The van der Waals surface area contributed by atoms with Crippen molar-refractivity contribution >= 4 is 11.5 Å². The molecule has 0 bridgehead atoms. The van der Waals surface area contributed by atoms with Gasteiger partial charge in [0.1, 0.15) is 11.9 Å². The molecule has 4 heteroatoms. The summed E-state index contributed by atoms with van der Waals surface area (Å²) in [5.74, 6) is 0.984. The number of para-hydroxylation sites is 1. The van der Waals surface area contributed by atoms with Crippen molar-refractivity contribution in [1.29, 1.82) is 0 Å². The largest absolute Gasteiger partial charge is 0.486 e. The van der Waals surface area contributed by atoms with Crippen LogP contribution in [0.4, 0.5) is 0 Å². The molecule has 2 unspecified atom stereocenters. The van der Waals surface area contributed by atoms with Crippen molar-refractivity contribution in [3.8, 4) is 5.75 Å². The number of nitrogens with two attached hydrogens (primary N) is 1. The molecule has 0 radical (unpaired) electrons. The SMILES string of the molecule is CCC(N)CCC1C=C(c2ccc(C(=O)N(CC)CC)cc2)c2ccccc2O1. The van der Waals surface area contributed by atoms with Gasteiger partial charge in [0, 0.05) is 30.3 Å². The first-order valence-electron chi connectivity index (χ1n) is 10.7. The normalized spacial score (nSPS) is 16.4. The zero-order valence-corrected chi connectivity index (χ0v) is 17.7. The van der Waals surface area contributed by atoms with E-state index < -0.39 is 0 Å². The zero-order chi connectivity index (χ0) is 20.8. The topological polar surface area (TPSA) is 55.6 Å². The maximum Gasteiger partial charge on any atom is 0.253 e. The number of benzene rings is 2. The van der Waals surface area contributed by atoms with Gasteiger partial charge >= 0.3 is 0 Å². The molecule has 0 saturated carbocycles. The standard InChI is InChI=1S/C25H32N2O2/c1-4-20(26)15-16-21-17-23(22-9-7-8-10-24(22)29-21)18-11-13-19(14-12-18)25(28)27(5-2)6-3/h7-14,17,20-21H,4-6,15-16,26H2,1-3H3. The zero-order valence-electron chi connectivity index (χ0n) is 17.7. The predicted octanol–water partition coefficient (Wildman–Crippen LogP) is 4.88. The highest BCUT2D eigenvalue weighted by Crippen LogP contribution is 2.37. The van der Waals surface area contributed by atoms with Gasteiger partial charge in [0.15, 0.2) is 0 Å². The summed E-state index contributed by atoms with van der Waals surface area (Å²) in [6, 6.07) is 16.3. The second-order valence-electron chi connectivity index (χ2n) is 7.53. The molecule has 4 nitrogen and oxygen atoms in total. The molecular weight excluding hydrogens is 360 g/mol. The number of nitrogens with zero attached hydrogens (tertiary/aromatic N) is 1. The number of hydrogen-bond acceptors (Lipinski definition) is 3. The smallest absolute Gasteiger partial charge is 0.253 e. The molecule has 0 aliphatic carbocycles. The first kappa shape index (κ1) is 21.1. The van der Waals surface area contributed by atoms with Gasteiger partial charge in [-0.15, -0.1) is 0 Å². The minimum Gasteiger partial charge on any atom is -0.486 e. The lowest BCUT2D eigenvalue weighted by molar-refractivity contribution is 0.0773. The van der Waals surface area contributed by atoms with Gasteiger partial charge in [0.25, 0.3) is 5.91 Å². The van der Waals surface area contributed by atoms with Crippen LogP contribution in [0, 0.1) is 0 Å². The van der Waals surface area contributed by atoms with E-state index in [0.717, 1.165) is 47.3 Å². The number of fused-ring (bicyclic) bond motifs is 1. The average Bonchev–Trinajstić information content (AvgIpc) is 2.77. The van der Waals surface area contributed by atoms with Crippen LogP contribution < -0.4 is 10.5 Å². The van der Waals surface area contributed by atoms with E-state index in [-0.39, 0.29) is 18.1 Å². The van der Waals surface area contributed by atoms with E-state index in [4.69, 9.17) is 10.5 Å². The molecule has 1 aliphatic heterocycles. The monoisotopic (exact) mass is 392 g/mol. The van der Waals surface area contributed by atoms with Gasteiger partial charge in [-0.1, -0.05) is 37.3 Å². The van der Waals surface area contributed by atoms with Gasteiger partial charge in [-0.05, 0) is 68.5 Å². The lowest BCUT2D eigenvalue weighted by atomic mass is 9.91. The van der Waals surface area contributed by atoms with Crippen molar-refractivity contribution in [2.45, 2.75) is 52.2 Å². The minimum absolute atomic E-state index is 0.00878. The van der Waals surface area contributed by atoms with Crippen LogP contribution >= 0.6 is 0 Å². The minimum atomic E-state index is 0.00878. The van der Waals surface area contributed by atoms with Crippen molar-refractivity contribution in [3.63, 3.8) is 0 Å². The molecule has 0 saturated heterocycles. The van der Waals surface area contributed by atoms with Gasteiger partial charge in [-0.25, -0.2) is 0 Å². The molecule has 0 aromatic heterocycles. The van der Waals surface area contributed by atoms with E-state index in [1.165, 1.54) is 0 Å². The van der Waals surface area contributed by atoms with Crippen molar-refractivity contribution in [2.75, 3.05) is 13.1 Å². The summed E-state index contributed by atoms with van der Waals surface area (Å²) in [6.45, 7) is 7.56. The summed E-state index contributed by atoms with van der Waals surface area (Å²) in [6.07, 6.45) is 5.01. The fraction of sp³-hybridized carbons (Fsp3) is 0.400. The first-order chi connectivity index (χ1) is 14.1. The Balaban J connectivity index is 1.87. The highest BCUT2D eigenvalue weighted by atomic mass is 16.5. The highest BCUT2D eigenvalue weighted by molar-refractivity contribution is 5.95. The first-order valence-corrected chi connectivity index (χ1v) is 10.7. The second kappa shape index (κ2) is 9.75. The Morgan fingerprint density at radius 1 is 1.07 bits per heavy atom. The van der Waals surface area contributed by atoms with E-state index in [0.29, 0.717) is 13.1 Å². The van der Waals surface area contributed by atoms with Crippen LogP contribution in [0.2, 0.25) is 0 Å². The number of rotatable bonds is 8. The molecule has 154 valence electrons. The molecule has 0 spiro atoms. The lowest BCUT2D eigenvalue weighted by Gasteiger charge is -2.26. The summed E-state index contributed by atoms with van der Waals surface area (Å²) >= 11 is 0. The maximum absolute atomic E-state index is 12.6. The lowest BCUT2D eigenvalue weighted by Crippen LogP contribution is -2.30. The van der Waals surface area contributed by atoms with Crippen LogP contribution in [0.5, 0.6) is 5.75 Å².